The lowest BCUT2D eigenvalue weighted by molar-refractivity contribution is -0.134. The zero-order chi connectivity index (χ0) is 16.9. The highest BCUT2D eigenvalue weighted by molar-refractivity contribution is 5.76. The number of aromatic nitrogens is 4. The lowest BCUT2D eigenvalue weighted by Crippen LogP contribution is -2.43. The molecule has 2 heterocycles. The van der Waals surface area contributed by atoms with Crippen LogP contribution in [0.25, 0.3) is 0 Å². The van der Waals surface area contributed by atoms with Crippen LogP contribution in [-0.2, 0) is 11.3 Å². The maximum atomic E-state index is 12.6. The maximum Gasteiger partial charge on any atom is 0.244 e. The Hall–Kier alpha value is -2.28. The summed E-state index contributed by atoms with van der Waals surface area (Å²) in [5, 5.41) is 10.9. The van der Waals surface area contributed by atoms with E-state index in [1.54, 1.807) is 0 Å². The van der Waals surface area contributed by atoms with E-state index in [2.05, 4.69) is 51.6 Å². The number of amides is 1. The molecule has 1 amide bonds. The van der Waals surface area contributed by atoms with E-state index < -0.39 is 0 Å². The van der Waals surface area contributed by atoms with Crippen molar-refractivity contribution in [1.82, 2.24) is 30.0 Å². The summed E-state index contributed by atoms with van der Waals surface area (Å²) in [6, 6.07) is 11.1. The molecule has 7 heteroatoms. The van der Waals surface area contributed by atoms with Gasteiger partial charge in [-0.15, -0.1) is 5.10 Å². The van der Waals surface area contributed by atoms with Gasteiger partial charge in [-0.2, -0.15) is 0 Å². The Morgan fingerprint density at radius 1 is 1.38 bits per heavy atom. The number of tetrazole rings is 1. The van der Waals surface area contributed by atoms with E-state index in [0.29, 0.717) is 12.6 Å². The average molecular weight is 328 g/mol. The Labute approximate surface area is 142 Å². The van der Waals surface area contributed by atoms with E-state index in [9.17, 15) is 4.79 Å². The molecule has 1 aromatic heterocycles. The molecule has 0 N–H and O–H groups in total. The molecular formula is C17H24N6O. The van der Waals surface area contributed by atoms with Crippen molar-refractivity contribution in [3.05, 3.63) is 42.2 Å². The predicted octanol–water partition coefficient (Wildman–Crippen LogP) is 1.36. The van der Waals surface area contributed by atoms with Gasteiger partial charge in [-0.1, -0.05) is 30.3 Å². The number of rotatable bonds is 6. The molecule has 0 radical (unpaired) electrons. The number of hydrogen-bond acceptors (Lipinski definition) is 5. The van der Waals surface area contributed by atoms with Crippen LogP contribution in [0.4, 0.5) is 0 Å². The summed E-state index contributed by atoms with van der Waals surface area (Å²) in [5.41, 5.74) is 1.32. The number of hydrogen-bond donors (Lipinski definition) is 0. The Morgan fingerprint density at radius 2 is 2.17 bits per heavy atom. The van der Waals surface area contributed by atoms with Crippen molar-refractivity contribution in [2.24, 2.45) is 0 Å². The van der Waals surface area contributed by atoms with E-state index in [-0.39, 0.29) is 18.5 Å². The molecule has 0 spiro atoms. The summed E-state index contributed by atoms with van der Waals surface area (Å²) in [6.45, 7) is 7.09. The van der Waals surface area contributed by atoms with Crippen LogP contribution in [-0.4, -0.2) is 61.6 Å². The van der Waals surface area contributed by atoms with Crippen LogP contribution in [0.15, 0.2) is 36.7 Å². The summed E-state index contributed by atoms with van der Waals surface area (Å²) in [6.07, 6.45) is 2.48. The summed E-state index contributed by atoms with van der Waals surface area (Å²) in [4.78, 5) is 17.0. The molecule has 1 aromatic carbocycles. The summed E-state index contributed by atoms with van der Waals surface area (Å²) >= 11 is 0. The third-order valence-corrected chi connectivity index (χ3v) is 4.82. The van der Waals surface area contributed by atoms with Crippen molar-refractivity contribution < 1.29 is 4.79 Å². The first-order chi connectivity index (χ1) is 11.7. The monoisotopic (exact) mass is 328 g/mol. The Morgan fingerprint density at radius 3 is 2.83 bits per heavy atom. The highest BCUT2D eigenvalue weighted by atomic mass is 16.2. The molecule has 2 atom stereocenters. The number of benzene rings is 1. The van der Waals surface area contributed by atoms with Crippen molar-refractivity contribution in [3.63, 3.8) is 0 Å². The normalized spacial score (nSPS) is 19.3. The van der Waals surface area contributed by atoms with Gasteiger partial charge >= 0.3 is 0 Å². The third-order valence-electron chi connectivity index (χ3n) is 4.82. The van der Waals surface area contributed by atoms with Crippen molar-refractivity contribution in [1.29, 1.82) is 0 Å². The fourth-order valence-corrected chi connectivity index (χ4v) is 3.44. The van der Waals surface area contributed by atoms with Crippen LogP contribution in [0.1, 0.15) is 31.9 Å². The SMILES string of the molecule is CCN(C(=O)Cn1cnnn1)C1CCN(C(C)c2ccccc2)C1. The Bertz CT molecular complexity index is 644. The van der Waals surface area contributed by atoms with Gasteiger partial charge in [-0.3, -0.25) is 9.69 Å². The van der Waals surface area contributed by atoms with Gasteiger partial charge in [0.2, 0.25) is 5.91 Å². The lowest BCUT2D eigenvalue weighted by atomic mass is 10.1. The van der Waals surface area contributed by atoms with Crippen LogP contribution in [0, 0.1) is 0 Å². The van der Waals surface area contributed by atoms with E-state index in [1.165, 1.54) is 16.6 Å². The second-order valence-corrected chi connectivity index (χ2v) is 6.21. The predicted molar refractivity (Wildman–Crippen MR) is 90.0 cm³/mol. The molecule has 0 aliphatic carbocycles. The molecule has 128 valence electrons. The van der Waals surface area contributed by atoms with Gasteiger partial charge in [0, 0.05) is 31.7 Å². The molecule has 7 nitrogen and oxygen atoms in total. The second kappa shape index (κ2) is 7.53. The molecule has 1 saturated heterocycles. The van der Waals surface area contributed by atoms with Gasteiger partial charge in [-0.25, -0.2) is 4.68 Å². The topological polar surface area (TPSA) is 67.2 Å². The molecule has 2 aromatic rings. The van der Waals surface area contributed by atoms with Gasteiger partial charge in [0.05, 0.1) is 0 Å². The van der Waals surface area contributed by atoms with Crippen LogP contribution >= 0.6 is 0 Å². The summed E-state index contributed by atoms with van der Waals surface area (Å²) < 4.78 is 1.48. The van der Waals surface area contributed by atoms with E-state index in [4.69, 9.17) is 0 Å². The Kier molecular flexibility index (Phi) is 5.20. The van der Waals surface area contributed by atoms with Gasteiger partial charge in [0.1, 0.15) is 12.9 Å². The van der Waals surface area contributed by atoms with Crippen molar-refractivity contribution in [3.8, 4) is 0 Å². The second-order valence-electron chi connectivity index (χ2n) is 6.21. The fourth-order valence-electron chi connectivity index (χ4n) is 3.44. The first-order valence-corrected chi connectivity index (χ1v) is 8.48. The molecule has 1 aliphatic heterocycles. The highest BCUT2D eigenvalue weighted by Gasteiger charge is 2.32. The number of carbonyl (C=O) groups excluding carboxylic acids is 1. The largest absolute Gasteiger partial charge is 0.337 e. The standard InChI is InChI=1S/C17H24N6O/c1-3-23(17(24)12-22-13-18-19-20-22)16-9-10-21(11-16)14(2)15-7-5-4-6-8-15/h4-8,13-14,16H,3,9-12H2,1-2H3. The fraction of sp³-hybridized carbons (Fsp3) is 0.529. The van der Waals surface area contributed by atoms with Crippen molar-refractivity contribution in [2.75, 3.05) is 19.6 Å². The van der Waals surface area contributed by atoms with Gasteiger partial charge in [-0.05, 0) is 36.3 Å². The number of carbonyl (C=O) groups is 1. The maximum absolute atomic E-state index is 12.6. The molecule has 24 heavy (non-hydrogen) atoms. The van der Waals surface area contributed by atoms with Gasteiger partial charge < -0.3 is 4.90 Å². The number of nitrogens with zero attached hydrogens (tertiary/aromatic N) is 6. The smallest absolute Gasteiger partial charge is 0.244 e. The van der Waals surface area contributed by atoms with Crippen LogP contribution in [0.5, 0.6) is 0 Å². The Balaban J connectivity index is 1.61. The first-order valence-electron chi connectivity index (χ1n) is 8.48. The van der Waals surface area contributed by atoms with Crippen LogP contribution in [0.2, 0.25) is 0 Å². The molecule has 3 rings (SSSR count). The summed E-state index contributed by atoms with van der Waals surface area (Å²) in [5.74, 6) is 0.0732. The van der Waals surface area contributed by atoms with E-state index >= 15 is 0 Å². The van der Waals surface area contributed by atoms with Crippen molar-refractivity contribution in [2.45, 2.75) is 38.9 Å². The minimum absolute atomic E-state index is 0.0732. The minimum Gasteiger partial charge on any atom is -0.337 e. The minimum atomic E-state index is 0.0732. The molecule has 0 bridgehead atoms. The van der Waals surface area contributed by atoms with Crippen LogP contribution in [0.3, 0.4) is 0 Å². The molecular weight excluding hydrogens is 304 g/mol. The number of likely N-dealkylation sites (N-methyl/N-ethyl adjacent to an activating group) is 1. The third kappa shape index (κ3) is 3.62. The molecule has 0 saturated carbocycles. The van der Waals surface area contributed by atoms with Gasteiger partial charge in [0.15, 0.2) is 0 Å². The number of likely N-dealkylation sites (tertiary alicyclic amines) is 1. The van der Waals surface area contributed by atoms with E-state index in [1.807, 2.05) is 17.9 Å². The molecule has 1 fully saturated rings. The average Bonchev–Trinajstić information content (AvgIpc) is 3.28. The summed E-state index contributed by atoms with van der Waals surface area (Å²) in [7, 11) is 0. The van der Waals surface area contributed by atoms with Crippen molar-refractivity contribution >= 4 is 5.91 Å². The molecule has 1 aliphatic rings. The van der Waals surface area contributed by atoms with Gasteiger partial charge in [0.25, 0.3) is 0 Å². The highest BCUT2D eigenvalue weighted by Crippen LogP contribution is 2.26. The van der Waals surface area contributed by atoms with E-state index in [0.717, 1.165) is 19.5 Å². The zero-order valence-electron chi connectivity index (χ0n) is 14.2. The lowest BCUT2D eigenvalue weighted by Gasteiger charge is -2.29. The zero-order valence-corrected chi connectivity index (χ0v) is 14.2. The quantitative estimate of drug-likeness (QED) is 0.801. The van der Waals surface area contributed by atoms with Crippen LogP contribution < -0.4 is 0 Å². The molecule has 2 unspecified atom stereocenters. The first kappa shape index (κ1) is 16.6.